The summed E-state index contributed by atoms with van der Waals surface area (Å²) in [7, 11) is 0. The maximum Gasteiger partial charge on any atom is 0.145 e. The third-order valence-electron chi connectivity index (χ3n) is 2.35. The number of ether oxygens (including phenoxy) is 1. The summed E-state index contributed by atoms with van der Waals surface area (Å²) in [5.41, 5.74) is 1.77. The maximum atomic E-state index is 5.69. The molecule has 0 bridgehead atoms. The summed E-state index contributed by atoms with van der Waals surface area (Å²) in [4.78, 5) is 7.19. The number of nitrogens with zero attached hydrogens (tertiary/aromatic N) is 1. The van der Waals surface area contributed by atoms with Crippen LogP contribution in [-0.2, 0) is 0 Å². The summed E-state index contributed by atoms with van der Waals surface area (Å²) < 4.78 is 5.69. The lowest BCUT2D eigenvalue weighted by Crippen LogP contribution is -1.97. The van der Waals surface area contributed by atoms with Crippen molar-refractivity contribution in [3.63, 3.8) is 0 Å². The molecular weight excluding hydrogens is 188 g/mol. The molecule has 0 atom stereocenters. The van der Waals surface area contributed by atoms with E-state index in [1.165, 1.54) is 12.8 Å². The highest BCUT2D eigenvalue weighted by molar-refractivity contribution is 5.80. The Kier molecular flexibility index (Phi) is 3.22. The predicted octanol–water partition coefficient (Wildman–Crippen LogP) is 2.93. The van der Waals surface area contributed by atoms with Crippen LogP contribution < -0.4 is 4.74 Å². The molecule has 0 fully saturated rings. The van der Waals surface area contributed by atoms with Crippen molar-refractivity contribution in [2.75, 3.05) is 6.61 Å². The second-order valence-corrected chi connectivity index (χ2v) is 3.52. The van der Waals surface area contributed by atoms with Gasteiger partial charge in [-0.3, -0.25) is 0 Å². The Morgan fingerprint density at radius 3 is 3.27 bits per heavy atom. The summed E-state index contributed by atoms with van der Waals surface area (Å²) in [5.74, 6) is 0.873. The van der Waals surface area contributed by atoms with Crippen LogP contribution in [0.4, 0.5) is 0 Å². The van der Waals surface area contributed by atoms with Crippen LogP contribution in [0.25, 0.3) is 11.0 Å². The Morgan fingerprint density at radius 1 is 1.47 bits per heavy atom. The lowest BCUT2D eigenvalue weighted by Gasteiger charge is -2.05. The van der Waals surface area contributed by atoms with E-state index in [0.717, 1.165) is 29.8 Å². The molecule has 0 aliphatic heterocycles. The van der Waals surface area contributed by atoms with Gasteiger partial charge < -0.3 is 9.72 Å². The summed E-state index contributed by atoms with van der Waals surface area (Å²) in [6.07, 6.45) is 5.20. The molecular formula is C12H15N2O. The smallest absolute Gasteiger partial charge is 0.145 e. The number of imidazole rings is 1. The first-order valence-electron chi connectivity index (χ1n) is 5.38. The first-order chi connectivity index (χ1) is 7.42. The van der Waals surface area contributed by atoms with E-state index in [4.69, 9.17) is 4.74 Å². The Balaban J connectivity index is 2.04. The molecule has 79 valence electrons. The highest BCUT2D eigenvalue weighted by Gasteiger charge is 2.03. The molecule has 15 heavy (non-hydrogen) atoms. The molecule has 0 amide bonds. The van der Waals surface area contributed by atoms with Gasteiger partial charge in [-0.05, 0) is 18.6 Å². The van der Waals surface area contributed by atoms with Gasteiger partial charge in [0.1, 0.15) is 11.3 Å². The van der Waals surface area contributed by atoms with Crippen LogP contribution in [0.3, 0.4) is 0 Å². The first kappa shape index (κ1) is 10.0. The molecule has 1 N–H and O–H groups in total. The van der Waals surface area contributed by atoms with Crippen molar-refractivity contribution in [1.82, 2.24) is 9.97 Å². The number of hydrogen-bond acceptors (Lipinski definition) is 2. The molecule has 0 aliphatic rings. The van der Waals surface area contributed by atoms with Crippen LogP contribution in [-0.4, -0.2) is 16.6 Å². The van der Waals surface area contributed by atoms with Crippen molar-refractivity contribution in [1.29, 1.82) is 0 Å². The van der Waals surface area contributed by atoms with Gasteiger partial charge in [0.25, 0.3) is 0 Å². The average molecular weight is 203 g/mol. The van der Waals surface area contributed by atoms with E-state index in [1.807, 2.05) is 12.1 Å². The van der Waals surface area contributed by atoms with Crippen molar-refractivity contribution in [3.05, 3.63) is 24.5 Å². The Morgan fingerprint density at radius 2 is 2.40 bits per heavy atom. The lowest BCUT2D eigenvalue weighted by atomic mass is 10.2. The number of aromatic nitrogens is 2. The maximum absolute atomic E-state index is 5.69. The van der Waals surface area contributed by atoms with Crippen molar-refractivity contribution < 1.29 is 4.74 Å². The van der Waals surface area contributed by atoms with Gasteiger partial charge in [-0.15, -0.1) is 0 Å². The van der Waals surface area contributed by atoms with Crippen molar-refractivity contribution >= 4 is 11.0 Å². The SMILES string of the molecule is CCCCCOc1cc[c]c2nc[nH]c12. The minimum Gasteiger partial charge on any atom is -0.491 e. The number of rotatable bonds is 5. The van der Waals surface area contributed by atoms with E-state index in [-0.39, 0.29) is 0 Å². The van der Waals surface area contributed by atoms with Crippen molar-refractivity contribution in [3.8, 4) is 5.75 Å². The molecule has 0 spiro atoms. The second-order valence-electron chi connectivity index (χ2n) is 3.52. The molecule has 1 radical (unpaired) electrons. The normalized spacial score (nSPS) is 10.7. The standard InChI is InChI=1S/C12H15N2O/c1-2-3-4-8-15-11-7-5-6-10-12(11)14-9-13-10/h5,7,9H,2-4,8H2,1H3,(H,13,14). The minimum atomic E-state index is 0.770. The van der Waals surface area contributed by atoms with Crippen molar-refractivity contribution in [2.45, 2.75) is 26.2 Å². The van der Waals surface area contributed by atoms with Gasteiger partial charge in [0, 0.05) is 6.07 Å². The number of benzene rings is 1. The predicted molar refractivity (Wildman–Crippen MR) is 59.9 cm³/mol. The van der Waals surface area contributed by atoms with Gasteiger partial charge in [-0.2, -0.15) is 0 Å². The molecule has 0 unspecified atom stereocenters. The average Bonchev–Trinajstić information content (AvgIpc) is 2.73. The third kappa shape index (κ3) is 2.29. The number of aromatic amines is 1. The van der Waals surface area contributed by atoms with Gasteiger partial charge in [-0.1, -0.05) is 19.8 Å². The fourth-order valence-electron chi connectivity index (χ4n) is 1.53. The first-order valence-corrected chi connectivity index (χ1v) is 5.38. The molecule has 2 rings (SSSR count). The highest BCUT2D eigenvalue weighted by atomic mass is 16.5. The summed E-state index contributed by atoms with van der Waals surface area (Å²) in [6, 6.07) is 6.82. The summed E-state index contributed by atoms with van der Waals surface area (Å²) in [5, 5.41) is 0. The van der Waals surface area contributed by atoms with E-state index in [1.54, 1.807) is 6.33 Å². The zero-order chi connectivity index (χ0) is 10.5. The van der Waals surface area contributed by atoms with Crippen LogP contribution in [0.5, 0.6) is 5.75 Å². The molecule has 1 aromatic heterocycles. The molecule has 0 saturated carbocycles. The lowest BCUT2D eigenvalue weighted by molar-refractivity contribution is 0.309. The zero-order valence-corrected chi connectivity index (χ0v) is 8.92. The Hall–Kier alpha value is -1.51. The molecule has 3 heteroatoms. The van der Waals surface area contributed by atoms with Gasteiger partial charge >= 0.3 is 0 Å². The molecule has 0 aliphatic carbocycles. The molecule has 2 aromatic rings. The monoisotopic (exact) mass is 203 g/mol. The van der Waals surface area contributed by atoms with Gasteiger partial charge in [0.15, 0.2) is 0 Å². The molecule has 1 heterocycles. The van der Waals surface area contributed by atoms with Gasteiger partial charge in [0.2, 0.25) is 0 Å². The van der Waals surface area contributed by atoms with E-state index >= 15 is 0 Å². The fourth-order valence-corrected chi connectivity index (χ4v) is 1.53. The summed E-state index contributed by atoms with van der Waals surface area (Å²) >= 11 is 0. The van der Waals surface area contributed by atoms with Crippen molar-refractivity contribution in [2.24, 2.45) is 0 Å². The van der Waals surface area contributed by atoms with Crippen LogP contribution in [0.15, 0.2) is 18.5 Å². The quantitative estimate of drug-likeness (QED) is 0.759. The van der Waals surface area contributed by atoms with Gasteiger partial charge in [-0.25, -0.2) is 4.98 Å². The number of hydrogen-bond donors (Lipinski definition) is 1. The molecule has 3 nitrogen and oxygen atoms in total. The minimum absolute atomic E-state index is 0.770. The van der Waals surface area contributed by atoms with E-state index in [9.17, 15) is 0 Å². The van der Waals surface area contributed by atoms with E-state index in [0.29, 0.717) is 0 Å². The second kappa shape index (κ2) is 4.82. The van der Waals surface area contributed by atoms with Gasteiger partial charge in [0.05, 0.1) is 18.5 Å². The van der Waals surface area contributed by atoms with Crippen LogP contribution in [0, 0.1) is 6.07 Å². The number of H-pyrrole nitrogens is 1. The number of nitrogens with one attached hydrogen (secondary N) is 1. The largest absolute Gasteiger partial charge is 0.491 e. The Labute approximate surface area is 89.5 Å². The van der Waals surface area contributed by atoms with Crippen LogP contribution in [0.2, 0.25) is 0 Å². The molecule has 0 saturated heterocycles. The van der Waals surface area contributed by atoms with Crippen LogP contribution >= 0.6 is 0 Å². The van der Waals surface area contributed by atoms with E-state index in [2.05, 4.69) is 23.0 Å². The zero-order valence-electron chi connectivity index (χ0n) is 8.92. The van der Waals surface area contributed by atoms with E-state index < -0.39 is 0 Å². The Bertz CT molecular complexity index is 422. The number of unbranched alkanes of at least 4 members (excludes halogenated alkanes) is 2. The highest BCUT2D eigenvalue weighted by Crippen LogP contribution is 2.21. The topological polar surface area (TPSA) is 37.9 Å². The number of fused-ring (bicyclic) bond motifs is 1. The molecule has 1 aromatic carbocycles. The summed E-state index contributed by atoms with van der Waals surface area (Å²) in [6.45, 7) is 2.95. The fraction of sp³-hybridized carbons (Fsp3) is 0.417. The van der Waals surface area contributed by atoms with Crippen LogP contribution in [0.1, 0.15) is 26.2 Å². The third-order valence-corrected chi connectivity index (χ3v) is 2.35.